The van der Waals surface area contributed by atoms with Gasteiger partial charge in [-0.3, -0.25) is 0 Å². The molecule has 1 atom stereocenters. The largest absolute Gasteiger partial charge is 0.490 e. The first-order valence-corrected chi connectivity index (χ1v) is 6.85. The summed E-state index contributed by atoms with van der Waals surface area (Å²) >= 11 is 0. The van der Waals surface area contributed by atoms with E-state index in [1.807, 2.05) is 34.0 Å². The second kappa shape index (κ2) is 8.12. The van der Waals surface area contributed by atoms with E-state index in [0.717, 1.165) is 25.1 Å². The van der Waals surface area contributed by atoms with Crippen LogP contribution in [-0.2, 0) is 0 Å². The summed E-state index contributed by atoms with van der Waals surface area (Å²) in [5, 5.41) is 3.26. The molecule has 0 amide bonds. The van der Waals surface area contributed by atoms with Crippen molar-refractivity contribution >= 4 is 0 Å². The van der Waals surface area contributed by atoms with Crippen LogP contribution in [0.25, 0.3) is 0 Å². The minimum Gasteiger partial charge on any atom is -0.490 e. The summed E-state index contributed by atoms with van der Waals surface area (Å²) in [6.07, 6.45) is 0.891. The molecule has 0 aliphatic rings. The molecular weight excluding hydrogens is 243 g/mol. The Balaban J connectivity index is 2.52. The molecule has 1 aromatic carbocycles. The maximum absolute atomic E-state index is 13.9. The third-order valence-corrected chi connectivity index (χ3v) is 2.97. The highest BCUT2D eigenvalue weighted by Crippen LogP contribution is 2.22. The van der Waals surface area contributed by atoms with Crippen LogP contribution in [0.1, 0.15) is 31.9 Å². The molecule has 108 valence electrons. The second-order valence-corrected chi connectivity index (χ2v) is 4.97. The van der Waals surface area contributed by atoms with E-state index in [-0.39, 0.29) is 11.9 Å². The van der Waals surface area contributed by atoms with E-state index in [4.69, 9.17) is 4.74 Å². The van der Waals surface area contributed by atoms with E-state index in [1.54, 1.807) is 12.1 Å². The maximum atomic E-state index is 13.9. The standard InChI is InChI=1S/C15H25FN2O/c1-5-17-12(2)13-7-8-15(14(16)11-13)19-10-6-9-18(3)4/h7-8,11-12,17H,5-6,9-10H2,1-4H3. The molecule has 0 fully saturated rings. The number of nitrogens with one attached hydrogen (secondary N) is 1. The van der Waals surface area contributed by atoms with Gasteiger partial charge in [-0.1, -0.05) is 13.0 Å². The number of ether oxygens (including phenoxy) is 1. The van der Waals surface area contributed by atoms with Crippen LogP contribution >= 0.6 is 0 Å². The van der Waals surface area contributed by atoms with Crippen LogP contribution in [0.4, 0.5) is 4.39 Å². The molecule has 0 spiro atoms. The fourth-order valence-corrected chi connectivity index (χ4v) is 1.89. The number of hydrogen-bond donors (Lipinski definition) is 1. The van der Waals surface area contributed by atoms with Gasteiger partial charge in [-0.25, -0.2) is 4.39 Å². The molecule has 3 nitrogen and oxygen atoms in total. The smallest absolute Gasteiger partial charge is 0.165 e. The lowest BCUT2D eigenvalue weighted by Gasteiger charge is -2.15. The highest BCUT2D eigenvalue weighted by atomic mass is 19.1. The van der Waals surface area contributed by atoms with Crippen molar-refractivity contribution in [2.75, 3.05) is 33.8 Å². The van der Waals surface area contributed by atoms with E-state index in [2.05, 4.69) is 10.2 Å². The van der Waals surface area contributed by atoms with Crippen LogP contribution in [0.15, 0.2) is 18.2 Å². The topological polar surface area (TPSA) is 24.5 Å². The van der Waals surface area contributed by atoms with Crippen LogP contribution in [0.5, 0.6) is 5.75 Å². The Morgan fingerprint density at radius 2 is 2.11 bits per heavy atom. The van der Waals surface area contributed by atoms with Gasteiger partial charge in [0.15, 0.2) is 11.6 Å². The van der Waals surface area contributed by atoms with E-state index in [9.17, 15) is 4.39 Å². The summed E-state index contributed by atoms with van der Waals surface area (Å²) in [5.74, 6) is 0.0540. The second-order valence-electron chi connectivity index (χ2n) is 4.97. The lowest BCUT2D eigenvalue weighted by atomic mass is 10.1. The van der Waals surface area contributed by atoms with Gasteiger partial charge in [-0.2, -0.15) is 0 Å². The zero-order chi connectivity index (χ0) is 14.3. The lowest BCUT2D eigenvalue weighted by Crippen LogP contribution is -2.18. The Hall–Kier alpha value is -1.13. The first-order valence-electron chi connectivity index (χ1n) is 6.85. The van der Waals surface area contributed by atoms with Gasteiger partial charge in [0.05, 0.1) is 6.61 Å². The zero-order valence-corrected chi connectivity index (χ0v) is 12.4. The van der Waals surface area contributed by atoms with Gasteiger partial charge in [0, 0.05) is 12.6 Å². The average Bonchev–Trinajstić information content (AvgIpc) is 2.36. The van der Waals surface area contributed by atoms with Gasteiger partial charge < -0.3 is 15.0 Å². The Morgan fingerprint density at radius 1 is 1.37 bits per heavy atom. The van der Waals surface area contributed by atoms with Crippen LogP contribution in [-0.4, -0.2) is 38.7 Å². The molecule has 0 saturated heterocycles. The molecule has 0 aromatic heterocycles. The van der Waals surface area contributed by atoms with E-state index < -0.39 is 0 Å². The Bertz CT molecular complexity index is 382. The molecule has 0 heterocycles. The molecule has 1 unspecified atom stereocenters. The first-order chi connectivity index (χ1) is 9.04. The molecular formula is C15H25FN2O. The van der Waals surface area contributed by atoms with Gasteiger partial charge in [0.1, 0.15) is 0 Å². The molecule has 1 aromatic rings. The Labute approximate surface area is 115 Å². The molecule has 1 N–H and O–H groups in total. The number of hydrogen-bond acceptors (Lipinski definition) is 3. The van der Waals surface area contributed by atoms with Crippen molar-refractivity contribution in [3.05, 3.63) is 29.6 Å². The molecule has 4 heteroatoms. The number of nitrogens with zero attached hydrogens (tertiary/aromatic N) is 1. The molecule has 0 aliphatic carbocycles. The van der Waals surface area contributed by atoms with Crippen molar-refractivity contribution in [1.82, 2.24) is 10.2 Å². The van der Waals surface area contributed by atoms with Gasteiger partial charge in [0.2, 0.25) is 0 Å². The van der Waals surface area contributed by atoms with E-state index in [1.165, 1.54) is 0 Å². The van der Waals surface area contributed by atoms with Crippen molar-refractivity contribution in [1.29, 1.82) is 0 Å². The summed E-state index contributed by atoms with van der Waals surface area (Å²) in [5.41, 5.74) is 0.944. The summed E-state index contributed by atoms with van der Waals surface area (Å²) in [7, 11) is 4.02. The number of rotatable bonds is 8. The maximum Gasteiger partial charge on any atom is 0.165 e. The summed E-state index contributed by atoms with van der Waals surface area (Å²) in [4.78, 5) is 2.08. The number of benzene rings is 1. The third-order valence-electron chi connectivity index (χ3n) is 2.97. The van der Waals surface area contributed by atoms with Gasteiger partial charge >= 0.3 is 0 Å². The van der Waals surface area contributed by atoms with Gasteiger partial charge in [-0.05, 0) is 51.7 Å². The summed E-state index contributed by atoms with van der Waals surface area (Å²) in [6, 6.07) is 5.34. The minimum atomic E-state index is -0.285. The monoisotopic (exact) mass is 268 g/mol. The fourth-order valence-electron chi connectivity index (χ4n) is 1.89. The quantitative estimate of drug-likeness (QED) is 0.734. The Kier molecular flexibility index (Phi) is 6.81. The van der Waals surface area contributed by atoms with Crippen LogP contribution in [0, 0.1) is 5.82 Å². The third kappa shape index (κ3) is 5.57. The molecule has 0 saturated carbocycles. The van der Waals surface area contributed by atoms with Crippen molar-refractivity contribution < 1.29 is 9.13 Å². The lowest BCUT2D eigenvalue weighted by molar-refractivity contribution is 0.271. The van der Waals surface area contributed by atoms with Crippen molar-refractivity contribution in [2.45, 2.75) is 26.3 Å². The predicted octanol–water partition coefficient (Wildman–Crippen LogP) is 2.83. The molecule has 19 heavy (non-hydrogen) atoms. The van der Waals surface area contributed by atoms with Crippen molar-refractivity contribution in [2.24, 2.45) is 0 Å². The van der Waals surface area contributed by atoms with Gasteiger partial charge in [0.25, 0.3) is 0 Å². The molecule has 0 aliphatic heterocycles. The summed E-state index contributed by atoms with van der Waals surface area (Å²) in [6.45, 7) is 6.41. The summed E-state index contributed by atoms with van der Waals surface area (Å²) < 4.78 is 19.3. The van der Waals surface area contributed by atoms with Gasteiger partial charge in [-0.15, -0.1) is 0 Å². The molecule has 1 rings (SSSR count). The highest BCUT2D eigenvalue weighted by molar-refractivity contribution is 5.30. The van der Waals surface area contributed by atoms with Crippen molar-refractivity contribution in [3.8, 4) is 5.75 Å². The molecule has 0 bridgehead atoms. The average molecular weight is 268 g/mol. The first kappa shape index (κ1) is 15.9. The van der Waals surface area contributed by atoms with Crippen LogP contribution in [0.2, 0.25) is 0 Å². The highest BCUT2D eigenvalue weighted by Gasteiger charge is 2.09. The van der Waals surface area contributed by atoms with Crippen LogP contribution < -0.4 is 10.1 Å². The Morgan fingerprint density at radius 3 is 2.68 bits per heavy atom. The van der Waals surface area contributed by atoms with E-state index in [0.29, 0.717) is 12.4 Å². The normalized spacial score (nSPS) is 12.7. The minimum absolute atomic E-state index is 0.155. The fraction of sp³-hybridized carbons (Fsp3) is 0.600. The predicted molar refractivity (Wildman–Crippen MR) is 77.2 cm³/mol. The van der Waals surface area contributed by atoms with Crippen molar-refractivity contribution in [3.63, 3.8) is 0 Å². The van der Waals surface area contributed by atoms with E-state index >= 15 is 0 Å². The number of halogens is 1. The van der Waals surface area contributed by atoms with Crippen LogP contribution in [0.3, 0.4) is 0 Å². The zero-order valence-electron chi connectivity index (χ0n) is 12.4. The SMILES string of the molecule is CCNC(C)c1ccc(OCCCN(C)C)c(F)c1. The molecule has 0 radical (unpaired) electrons.